The van der Waals surface area contributed by atoms with Crippen LogP contribution in [-0.4, -0.2) is 35.4 Å². The van der Waals surface area contributed by atoms with E-state index in [1.165, 1.54) is 0 Å². The number of amides is 2. The highest BCUT2D eigenvalue weighted by Crippen LogP contribution is 2.19. The predicted molar refractivity (Wildman–Crippen MR) is 73.1 cm³/mol. The lowest BCUT2D eigenvalue weighted by molar-refractivity contribution is -0.152. The van der Waals surface area contributed by atoms with Crippen molar-refractivity contribution in [1.82, 2.24) is 10.4 Å². The highest BCUT2D eigenvalue weighted by molar-refractivity contribution is 5.80. The first-order chi connectivity index (χ1) is 8.70. The minimum atomic E-state index is -0.385. The van der Waals surface area contributed by atoms with E-state index in [4.69, 9.17) is 4.84 Å². The smallest absolute Gasteiger partial charge is 0.246 e. The maximum Gasteiger partial charge on any atom is 0.246 e. The van der Waals surface area contributed by atoms with E-state index in [2.05, 4.69) is 5.48 Å². The first-order valence-corrected chi connectivity index (χ1v) is 6.97. The van der Waals surface area contributed by atoms with Crippen molar-refractivity contribution in [3.05, 3.63) is 0 Å². The van der Waals surface area contributed by atoms with Crippen LogP contribution in [0.1, 0.15) is 47.5 Å². The number of hydroxylamine groups is 1. The maximum absolute atomic E-state index is 11.9. The van der Waals surface area contributed by atoms with Crippen molar-refractivity contribution in [2.75, 3.05) is 13.1 Å². The number of nitrogens with one attached hydrogen (secondary N) is 1. The first-order valence-electron chi connectivity index (χ1n) is 6.97. The Balaban J connectivity index is 2.37. The topological polar surface area (TPSA) is 58.6 Å². The van der Waals surface area contributed by atoms with Gasteiger partial charge in [-0.15, -0.1) is 0 Å². The molecule has 5 heteroatoms. The summed E-state index contributed by atoms with van der Waals surface area (Å²) < 4.78 is 0. The van der Waals surface area contributed by atoms with E-state index in [0.29, 0.717) is 25.9 Å². The fourth-order valence-corrected chi connectivity index (χ4v) is 2.01. The van der Waals surface area contributed by atoms with Crippen molar-refractivity contribution >= 4 is 11.8 Å². The Morgan fingerprint density at radius 1 is 1.21 bits per heavy atom. The summed E-state index contributed by atoms with van der Waals surface area (Å²) in [5.74, 6) is 0.0598. The molecule has 110 valence electrons. The summed E-state index contributed by atoms with van der Waals surface area (Å²) in [6.07, 6.45) is 1.41. The number of carbonyl (C=O) groups excluding carboxylic acids is 2. The summed E-state index contributed by atoms with van der Waals surface area (Å²) >= 11 is 0. The van der Waals surface area contributed by atoms with Gasteiger partial charge in [0.05, 0.1) is 5.60 Å². The van der Waals surface area contributed by atoms with Crippen LogP contribution in [0.15, 0.2) is 0 Å². The summed E-state index contributed by atoms with van der Waals surface area (Å²) in [6.45, 7) is 10.8. The van der Waals surface area contributed by atoms with E-state index in [9.17, 15) is 9.59 Å². The molecule has 1 N–H and O–H groups in total. The Morgan fingerprint density at radius 2 is 1.74 bits per heavy atom. The summed E-state index contributed by atoms with van der Waals surface area (Å²) in [7, 11) is 0. The molecule has 5 nitrogen and oxygen atoms in total. The first kappa shape index (κ1) is 16.0. The Morgan fingerprint density at radius 3 is 2.16 bits per heavy atom. The molecule has 0 aromatic heterocycles. The molecule has 1 aliphatic heterocycles. The molecular formula is C14H26N2O3. The molecule has 0 spiro atoms. The lowest BCUT2D eigenvalue weighted by Gasteiger charge is -2.32. The second kappa shape index (κ2) is 6.37. The van der Waals surface area contributed by atoms with Crippen LogP contribution in [0.5, 0.6) is 0 Å². The Kier molecular flexibility index (Phi) is 5.35. The SMILES string of the molecule is CC(C)C(=O)N1CCC(C(=O)NOC(C)(C)C)CC1. The van der Waals surface area contributed by atoms with Crippen LogP contribution in [0, 0.1) is 11.8 Å². The number of piperidine rings is 1. The molecular weight excluding hydrogens is 244 g/mol. The molecule has 1 saturated heterocycles. The number of rotatable bonds is 3. The van der Waals surface area contributed by atoms with Crippen LogP contribution in [0.25, 0.3) is 0 Å². The largest absolute Gasteiger partial charge is 0.342 e. The minimum absolute atomic E-state index is 0.0228. The molecule has 1 rings (SSSR count). The van der Waals surface area contributed by atoms with Crippen molar-refractivity contribution in [3.8, 4) is 0 Å². The van der Waals surface area contributed by atoms with Crippen molar-refractivity contribution < 1.29 is 14.4 Å². The van der Waals surface area contributed by atoms with Gasteiger partial charge in [-0.2, -0.15) is 0 Å². The van der Waals surface area contributed by atoms with E-state index in [0.717, 1.165) is 0 Å². The Bertz CT molecular complexity index is 326. The number of hydrogen-bond acceptors (Lipinski definition) is 3. The lowest BCUT2D eigenvalue weighted by Crippen LogP contribution is -2.45. The fourth-order valence-electron chi connectivity index (χ4n) is 2.01. The van der Waals surface area contributed by atoms with Crippen molar-refractivity contribution in [1.29, 1.82) is 0 Å². The van der Waals surface area contributed by atoms with Gasteiger partial charge in [0.15, 0.2) is 0 Å². The van der Waals surface area contributed by atoms with E-state index in [1.54, 1.807) is 0 Å². The van der Waals surface area contributed by atoms with Crippen LogP contribution in [0.4, 0.5) is 0 Å². The van der Waals surface area contributed by atoms with Crippen molar-refractivity contribution in [2.24, 2.45) is 11.8 Å². The van der Waals surface area contributed by atoms with Gasteiger partial charge in [-0.05, 0) is 33.6 Å². The molecule has 0 aliphatic carbocycles. The van der Waals surface area contributed by atoms with Crippen LogP contribution in [-0.2, 0) is 14.4 Å². The Hall–Kier alpha value is -1.10. The van der Waals surface area contributed by atoms with E-state index < -0.39 is 0 Å². The highest BCUT2D eigenvalue weighted by atomic mass is 16.7. The molecule has 0 radical (unpaired) electrons. The van der Waals surface area contributed by atoms with Crippen LogP contribution in [0.2, 0.25) is 0 Å². The summed E-state index contributed by atoms with van der Waals surface area (Å²) in [4.78, 5) is 30.9. The second-order valence-electron chi connectivity index (χ2n) is 6.44. The average Bonchev–Trinajstić information content (AvgIpc) is 2.34. The third-order valence-electron chi connectivity index (χ3n) is 3.13. The summed E-state index contributed by atoms with van der Waals surface area (Å²) in [6, 6.07) is 0. The summed E-state index contributed by atoms with van der Waals surface area (Å²) in [5, 5.41) is 0. The zero-order valence-corrected chi connectivity index (χ0v) is 12.7. The number of carbonyl (C=O) groups is 2. The van der Waals surface area contributed by atoms with Gasteiger partial charge in [-0.25, -0.2) is 5.48 Å². The van der Waals surface area contributed by atoms with Gasteiger partial charge in [0, 0.05) is 24.9 Å². The third-order valence-corrected chi connectivity index (χ3v) is 3.13. The minimum Gasteiger partial charge on any atom is -0.342 e. The molecule has 0 bridgehead atoms. The van der Waals surface area contributed by atoms with Gasteiger partial charge in [0.25, 0.3) is 0 Å². The Labute approximate surface area is 115 Å². The van der Waals surface area contributed by atoms with Crippen molar-refractivity contribution in [3.63, 3.8) is 0 Å². The lowest BCUT2D eigenvalue weighted by atomic mass is 9.95. The molecule has 0 aromatic carbocycles. The average molecular weight is 270 g/mol. The van der Waals surface area contributed by atoms with Gasteiger partial charge in [0.2, 0.25) is 11.8 Å². The van der Waals surface area contributed by atoms with Crippen molar-refractivity contribution in [2.45, 2.75) is 53.1 Å². The van der Waals surface area contributed by atoms with E-state index in [-0.39, 0.29) is 29.3 Å². The van der Waals surface area contributed by atoms with Gasteiger partial charge < -0.3 is 4.90 Å². The number of nitrogens with zero attached hydrogens (tertiary/aromatic N) is 1. The standard InChI is InChI=1S/C14H26N2O3/c1-10(2)13(18)16-8-6-11(7-9-16)12(17)15-19-14(3,4)5/h10-11H,6-9H2,1-5H3,(H,15,17). The van der Waals surface area contributed by atoms with E-state index in [1.807, 2.05) is 39.5 Å². The predicted octanol–water partition coefficient (Wildman–Crippen LogP) is 1.73. The van der Waals surface area contributed by atoms with Crippen LogP contribution in [0.3, 0.4) is 0 Å². The normalized spacial score (nSPS) is 17.7. The number of likely N-dealkylation sites (tertiary alicyclic amines) is 1. The van der Waals surface area contributed by atoms with Gasteiger partial charge in [0.1, 0.15) is 0 Å². The zero-order valence-electron chi connectivity index (χ0n) is 12.7. The highest BCUT2D eigenvalue weighted by Gasteiger charge is 2.28. The van der Waals surface area contributed by atoms with E-state index >= 15 is 0 Å². The molecule has 0 unspecified atom stereocenters. The quantitative estimate of drug-likeness (QED) is 0.795. The molecule has 1 aliphatic rings. The third kappa shape index (κ3) is 5.19. The molecule has 0 saturated carbocycles. The molecule has 2 amide bonds. The summed E-state index contributed by atoms with van der Waals surface area (Å²) in [5.41, 5.74) is 2.13. The monoisotopic (exact) mass is 270 g/mol. The van der Waals surface area contributed by atoms with Gasteiger partial charge >= 0.3 is 0 Å². The molecule has 1 fully saturated rings. The molecule has 0 atom stereocenters. The van der Waals surface area contributed by atoms with Crippen LogP contribution < -0.4 is 5.48 Å². The molecule has 0 aromatic rings. The molecule has 1 heterocycles. The fraction of sp³-hybridized carbons (Fsp3) is 0.857. The van der Waals surface area contributed by atoms with Crippen LogP contribution >= 0.6 is 0 Å². The zero-order chi connectivity index (χ0) is 14.6. The van der Waals surface area contributed by atoms with Gasteiger partial charge in [-0.1, -0.05) is 13.8 Å². The molecule has 19 heavy (non-hydrogen) atoms. The van der Waals surface area contributed by atoms with Gasteiger partial charge in [-0.3, -0.25) is 14.4 Å². The number of hydrogen-bond donors (Lipinski definition) is 1. The second-order valence-corrected chi connectivity index (χ2v) is 6.44. The maximum atomic E-state index is 11.9.